The molecule has 145 valence electrons. The Morgan fingerprint density at radius 3 is 2.27 bits per heavy atom. The molecule has 0 aliphatic carbocycles. The fourth-order valence-corrected chi connectivity index (χ4v) is 4.95. The number of halogens is 2. The van der Waals surface area contributed by atoms with Gasteiger partial charge < -0.3 is 21.4 Å². The number of carbonyl (C=O) groups excluding carboxylic acids is 2. The van der Waals surface area contributed by atoms with Gasteiger partial charge in [-0.2, -0.15) is 0 Å². The third-order valence-electron chi connectivity index (χ3n) is 3.61. The number of alkyl halides is 2. The second-order valence-corrected chi connectivity index (χ2v) is 10.2. The van der Waals surface area contributed by atoms with Crippen molar-refractivity contribution < 1.29 is 45.5 Å². The number of quaternary nitrogens is 1. The molecular weight excluding hydrogens is 588 g/mol. The number of amides is 1. The van der Waals surface area contributed by atoms with Crippen LogP contribution in [-0.4, -0.2) is 30.5 Å². The van der Waals surface area contributed by atoms with E-state index in [9.17, 15) is 19.7 Å². The quantitative estimate of drug-likeness (QED) is 0.0593. The summed E-state index contributed by atoms with van der Waals surface area (Å²) in [4.78, 5) is 34.9. The van der Waals surface area contributed by atoms with Gasteiger partial charge in [0.05, 0.1) is 4.92 Å². The molecule has 0 aromatic heterocycles. The van der Waals surface area contributed by atoms with Crippen LogP contribution in [0.1, 0.15) is 19.4 Å². The van der Waals surface area contributed by atoms with Crippen LogP contribution in [0.4, 0.5) is 5.69 Å². The summed E-state index contributed by atoms with van der Waals surface area (Å²) in [5.41, 5.74) is 1.24. The first-order valence-corrected chi connectivity index (χ1v) is 9.04. The Morgan fingerprint density at radius 1 is 1.35 bits per heavy atom. The predicted octanol–water partition coefficient (Wildman–Crippen LogP) is 3.23. The summed E-state index contributed by atoms with van der Waals surface area (Å²) in [6.07, 6.45) is 0. The molecule has 26 heavy (non-hydrogen) atoms. The van der Waals surface area contributed by atoms with E-state index in [0.717, 1.165) is 0 Å². The standard InChI is InChI=1S/C15H14Br2N2O5S.Ag/c1-9(2)12(19(25)8-15(16,17)14(19)21)13(20)24-7-10-3-5-11(6-4-10)18(22)23;/h3-6H,7-8H2,1-2H3;. The number of β-lactam (4-membered cyclic amide) rings is 1. The number of allylic oxidation sites excluding steroid dienone is 1. The summed E-state index contributed by atoms with van der Waals surface area (Å²) >= 11 is 11.8. The first-order chi connectivity index (χ1) is 11.5. The van der Waals surface area contributed by atoms with Gasteiger partial charge in [0, 0.05) is 34.5 Å². The van der Waals surface area contributed by atoms with Gasteiger partial charge in [0.15, 0.2) is 0 Å². The zero-order chi connectivity index (χ0) is 19.0. The van der Waals surface area contributed by atoms with Crippen molar-refractivity contribution in [3.63, 3.8) is 0 Å². The van der Waals surface area contributed by atoms with Gasteiger partial charge in [0.25, 0.3) is 5.69 Å². The second-order valence-electron chi connectivity index (χ2n) is 5.76. The van der Waals surface area contributed by atoms with Crippen molar-refractivity contribution in [2.75, 3.05) is 6.54 Å². The number of rotatable bonds is 5. The van der Waals surface area contributed by atoms with Gasteiger partial charge in [-0.1, -0.05) is 31.9 Å². The molecule has 1 unspecified atom stereocenters. The van der Waals surface area contributed by atoms with Gasteiger partial charge in [0.1, 0.15) is 13.2 Å². The summed E-state index contributed by atoms with van der Waals surface area (Å²) < 4.78 is 3.76. The van der Waals surface area contributed by atoms with E-state index in [1.807, 2.05) is 0 Å². The van der Waals surface area contributed by atoms with Crippen LogP contribution in [0.25, 0.3) is 0 Å². The Labute approximate surface area is 188 Å². The first-order valence-electron chi connectivity index (χ1n) is 7.09. The second kappa shape index (κ2) is 8.68. The van der Waals surface area contributed by atoms with E-state index >= 15 is 0 Å². The van der Waals surface area contributed by atoms with E-state index in [0.29, 0.717) is 11.1 Å². The molecule has 1 aromatic carbocycles. The molecule has 11 heteroatoms. The molecule has 0 bridgehead atoms. The SMILES string of the molecule is CC(C)=C(C(=O)OCc1ccc([N+](=O)[O-])cc1)[N+]1([S-])CC(Br)(Br)C1=O.[Ag]. The van der Waals surface area contributed by atoms with E-state index in [4.69, 9.17) is 17.6 Å². The molecule has 1 aliphatic rings. The molecule has 0 N–H and O–H groups in total. The van der Waals surface area contributed by atoms with Gasteiger partial charge in [-0.15, -0.1) is 0 Å². The Balaban J connectivity index is 0.00000338. The zero-order valence-electron chi connectivity index (χ0n) is 13.6. The predicted molar refractivity (Wildman–Crippen MR) is 99.4 cm³/mol. The van der Waals surface area contributed by atoms with E-state index < -0.39 is 18.0 Å². The minimum absolute atomic E-state index is 0. The average molecular weight is 602 g/mol. The van der Waals surface area contributed by atoms with Crippen LogP contribution < -0.4 is 0 Å². The van der Waals surface area contributed by atoms with Crippen molar-refractivity contribution in [2.45, 2.75) is 23.7 Å². The number of benzene rings is 1. The van der Waals surface area contributed by atoms with Crippen LogP contribution in [0, 0.1) is 10.1 Å². The molecule has 1 radical (unpaired) electrons. The molecule has 1 aromatic rings. The van der Waals surface area contributed by atoms with Crippen LogP contribution in [0.3, 0.4) is 0 Å². The molecule has 0 spiro atoms. The smallest absolute Gasteiger partial charge is 0.392 e. The fraction of sp³-hybridized carbons (Fsp3) is 0.333. The molecule has 1 aliphatic heterocycles. The Hall–Kier alpha value is -0.490. The van der Waals surface area contributed by atoms with Gasteiger partial charge >= 0.3 is 11.9 Å². The van der Waals surface area contributed by atoms with Crippen molar-refractivity contribution in [3.8, 4) is 0 Å². The molecule has 0 saturated carbocycles. The van der Waals surface area contributed by atoms with Gasteiger partial charge in [0.2, 0.25) is 8.93 Å². The van der Waals surface area contributed by atoms with Crippen LogP contribution >= 0.6 is 31.9 Å². The normalized spacial score (nSPS) is 20.4. The number of nitro groups is 1. The minimum atomic E-state index is -0.929. The molecule has 7 nitrogen and oxygen atoms in total. The van der Waals surface area contributed by atoms with Crippen molar-refractivity contribution in [1.82, 2.24) is 0 Å². The zero-order valence-corrected chi connectivity index (χ0v) is 19.1. The maximum absolute atomic E-state index is 12.5. The summed E-state index contributed by atoms with van der Waals surface area (Å²) in [7, 11) is 0. The molecule has 1 heterocycles. The molecular formula is C15H14AgBr2N2O5S. The number of carbonyl (C=O) groups is 2. The van der Waals surface area contributed by atoms with Crippen molar-refractivity contribution >= 4 is 62.2 Å². The van der Waals surface area contributed by atoms with Crippen LogP contribution in [-0.2, 0) is 56.1 Å². The van der Waals surface area contributed by atoms with Crippen LogP contribution in [0.15, 0.2) is 35.5 Å². The molecule has 1 atom stereocenters. The van der Waals surface area contributed by atoms with Gasteiger partial charge in [-0.25, -0.2) is 9.59 Å². The largest absolute Gasteiger partial charge is 0.478 e. The Morgan fingerprint density at radius 2 is 1.88 bits per heavy atom. The van der Waals surface area contributed by atoms with E-state index in [-0.39, 0.29) is 52.8 Å². The van der Waals surface area contributed by atoms with Gasteiger partial charge in [-0.3, -0.25) is 10.1 Å². The number of hydrogen-bond acceptors (Lipinski definition) is 6. The topological polar surface area (TPSA) is 86.5 Å². The number of nitro benzene ring substituents is 1. The minimum Gasteiger partial charge on any atom is -0.478 e. The molecule has 2 rings (SSSR count). The van der Waals surface area contributed by atoms with E-state index in [1.165, 1.54) is 24.3 Å². The maximum atomic E-state index is 12.5. The number of likely N-dealkylation sites (tertiary alicyclic amines) is 1. The monoisotopic (exact) mass is 599 g/mol. The van der Waals surface area contributed by atoms with E-state index in [2.05, 4.69) is 31.9 Å². The van der Waals surface area contributed by atoms with Crippen molar-refractivity contribution in [2.24, 2.45) is 0 Å². The summed E-state index contributed by atoms with van der Waals surface area (Å²) in [6.45, 7) is 3.48. The van der Waals surface area contributed by atoms with Crippen molar-refractivity contribution in [1.29, 1.82) is 0 Å². The fourth-order valence-electron chi connectivity index (χ4n) is 2.42. The average Bonchev–Trinajstić information content (AvgIpc) is 2.52. The summed E-state index contributed by atoms with van der Waals surface area (Å²) in [6, 6.07) is 5.66. The first kappa shape index (κ1) is 23.5. The van der Waals surface area contributed by atoms with E-state index in [1.54, 1.807) is 13.8 Å². The van der Waals surface area contributed by atoms with Gasteiger partial charge in [-0.05, 0) is 37.1 Å². The number of ether oxygens (including phenoxy) is 1. The van der Waals surface area contributed by atoms with Crippen molar-refractivity contribution in [3.05, 3.63) is 51.2 Å². The Kier molecular flexibility index (Phi) is 7.86. The van der Waals surface area contributed by atoms with Crippen LogP contribution in [0.5, 0.6) is 0 Å². The maximum Gasteiger partial charge on any atom is 0.392 e. The molecule has 1 fully saturated rings. The molecule has 1 saturated heterocycles. The number of hydrogen-bond donors (Lipinski definition) is 0. The summed E-state index contributed by atoms with van der Waals surface area (Å²) in [5, 5.41) is 10.6. The molecule has 1 amide bonds. The van der Waals surface area contributed by atoms with Crippen LogP contribution in [0.2, 0.25) is 0 Å². The third kappa shape index (κ3) is 4.67. The third-order valence-corrected chi connectivity index (χ3v) is 5.26. The summed E-state index contributed by atoms with van der Waals surface area (Å²) in [5.74, 6) is -1.05. The number of nitrogens with zero attached hydrogens (tertiary/aromatic N) is 2. The Bertz CT molecular complexity index is 781. The number of esters is 1. The number of non-ortho nitro benzene ring substituents is 1.